The first-order valence-corrected chi connectivity index (χ1v) is 11.4. The lowest BCUT2D eigenvalue weighted by molar-refractivity contribution is 0.0668. The Morgan fingerprint density at radius 3 is 2.24 bits per heavy atom. The molecule has 0 saturated carbocycles. The molecular weight excluding hydrogens is 406 g/mol. The van der Waals surface area contributed by atoms with Gasteiger partial charge >= 0.3 is 0 Å². The Labute approximate surface area is 195 Å². The van der Waals surface area contributed by atoms with Gasteiger partial charge in [-0.3, -0.25) is 4.79 Å². The van der Waals surface area contributed by atoms with E-state index >= 15 is 0 Å². The predicted octanol–water partition coefficient (Wildman–Crippen LogP) is 6.17. The maximum absolute atomic E-state index is 14.1. The van der Waals surface area contributed by atoms with E-state index in [0.29, 0.717) is 6.54 Å². The Kier molecular flexibility index (Phi) is 5.95. The highest BCUT2D eigenvalue weighted by atomic mass is 16.5. The van der Waals surface area contributed by atoms with Crippen LogP contribution >= 0.6 is 0 Å². The highest BCUT2D eigenvalue weighted by Gasteiger charge is 2.32. The van der Waals surface area contributed by atoms with E-state index in [1.165, 1.54) is 11.1 Å². The summed E-state index contributed by atoms with van der Waals surface area (Å²) in [4.78, 5) is 16.2. The molecule has 4 aromatic rings. The zero-order valence-electron chi connectivity index (χ0n) is 18.8. The summed E-state index contributed by atoms with van der Waals surface area (Å²) >= 11 is 0. The normalized spacial score (nSPS) is 14.5. The fourth-order valence-corrected chi connectivity index (χ4v) is 4.76. The Morgan fingerprint density at radius 1 is 0.818 bits per heavy atom. The van der Waals surface area contributed by atoms with Gasteiger partial charge in [-0.1, -0.05) is 84.9 Å². The summed E-state index contributed by atoms with van der Waals surface area (Å²) in [5.74, 6) is 0.938. The number of nitrogens with zero attached hydrogens (tertiary/aromatic N) is 1. The van der Waals surface area contributed by atoms with Crippen LogP contribution in [-0.4, -0.2) is 24.0 Å². The molecular formula is C30H27NO2. The van der Waals surface area contributed by atoms with Gasteiger partial charge in [0.05, 0.1) is 7.11 Å². The Hall–Kier alpha value is -3.85. The fourth-order valence-electron chi connectivity index (χ4n) is 4.76. The predicted molar refractivity (Wildman–Crippen MR) is 132 cm³/mol. The molecule has 1 unspecified atom stereocenters. The van der Waals surface area contributed by atoms with Gasteiger partial charge in [-0.2, -0.15) is 0 Å². The van der Waals surface area contributed by atoms with Crippen molar-refractivity contribution >= 4 is 5.91 Å². The van der Waals surface area contributed by atoms with Crippen molar-refractivity contribution in [3.63, 3.8) is 0 Å². The average molecular weight is 434 g/mol. The zero-order valence-corrected chi connectivity index (χ0v) is 18.8. The van der Waals surface area contributed by atoms with Gasteiger partial charge in [0, 0.05) is 18.2 Å². The van der Waals surface area contributed by atoms with Crippen molar-refractivity contribution in [3.05, 3.63) is 125 Å². The number of hydrogen-bond acceptors (Lipinski definition) is 2. The maximum Gasteiger partial charge on any atom is 0.255 e. The molecule has 1 aliphatic carbocycles. The molecule has 3 heteroatoms. The van der Waals surface area contributed by atoms with Crippen LogP contribution in [0.4, 0.5) is 0 Å². The van der Waals surface area contributed by atoms with Crippen molar-refractivity contribution in [2.45, 2.75) is 25.4 Å². The number of methoxy groups -OCH3 is 1. The molecule has 3 nitrogen and oxygen atoms in total. The van der Waals surface area contributed by atoms with E-state index in [0.717, 1.165) is 40.8 Å². The summed E-state index contributed by atoms with van der Waals surface area (Å²) in [5.41, 5.74) is 6.47. The van der Waals surface area contributed by atoms with E-state index in [2.05, 4.69) is 41.3 Å². The number of amides is 1. The first-order valence-electron chi connectivity index (χ1n) is 11.4. The topological polar surface area (TPSA) is 29.5 Å². The van der Waals surface area contributed by atoms with Crippen LogP contribution in [0, 0.1) is 0 Å². The summed E-state index contributed by atoms with van der Waals surface area (Å²) in [6, 6.07) is 34.7. The van der Waals surface area contributed by atoms with Gasteiger partial charge in [0.2, 0.25) is 0 Å². The third kappa shape index (κ3) is 4.40. The van der Waals surface area contributed by atoms with Crippen molar-refractivity contribution in [2.75, 3.05) is 7.11 Å². The van der Waals surface area contributed by atoms with Crippen LogP contribution in [0.5, 0.6) is 5.75 Å². The molecule has 0 radical (unpaired) electrons. The second kappa shape index (κ2) is 9.33. The third-order valence-corrected chi connectivity index (χ3v) is 6.46. The van der Waals surface area contributed by atoms with Crippen LogP contribution in [0.1, 0.15) is 27.0 Å². The molecule has 0 heterocycles. The summed E-state index contributed by atoms with van der Waals surface area (Å²) in [5, 5.41) is 0. The molecule has 1 amide bonds. The van der Waals surface area contributed by atoms with Crippen molar-refractivity contribution in [2.24, 2.45) is 0 Å². The van der Waals surface area contributed by atoms with Gasteiger partial charge in [0.1, 0.15) is 5.75 Å². The van der Waals surface area contributed by atoms with E-state index in [1.807, 2.05) is 66.7 Å². The molecule has 0 bridgehead atoms. The summed E-state index contributed by atoms with van der Waals surface area (Å²) in [6.07, 6.45) is 1.68. The largest absolute Gasteiger partial charge is 0.497 e. The van der Waals surface area contributed by atoms with Crippen LogP contribution < -0.4 is 4.74 Å². The molecule has 0 N–H and O–H groups in total. The molecule has 1 aliphatic rings. The quantitative estimate of drug-likeness (QED) is 0.364. The average Bonchev–Trinajstić information content (AvgIpc) is 3.31. The molecule has 0 aliphatic heterocycles. The number of benzene rings is 4. The minimum absolute atomic E-state index is 0.0723. The second-order valence-corrected chi connectivity index (χ2v) is 8.53. The Balaban J connectivity index is 1.51. The van der Waals surface area contributed by atoms with Gasteiger partial charge in [-0.05, 0) is 58.9 Å². The lowest BCUT2D eigenvalue weighted by atomic mass is 9.98. The van der Waals surface area contributed by atoms with E-state index in [1.54, 1.807) is 7.11 Å². The molecule has 164 valence electrons. The highest BCUT2D eigenvalue weighted by molar-refractivity contribution is 6.01. The van der Waals surface area contributed by atoms with E-state index in [9.17, 15) is 4.79 Å². The molecule has 0 aromatic heterocycles. The van der Waals surface area contributed by atoms with Crippen LogP contribution in [0.25, 0.3) is 11.1 Å². The molecule has 33 heavy (non-hydrogen) atoms. The number of rotatable bonds is 6. The summed E-state index contributed by atoms with van der Waals surface area (Å²) in [7, 11) is 1.69. The van der Waals surface area contributed by atoms with E-state index < -0.39 is 0 Å². The van der Waals surface area contributed by atoms with Gasteiger partial charge in [-0.25, -0.2) is 0 Å². The van der Waals surface area contributed by atoms with Crippen molar-refractivity contribution in [1.29, 1.82) is 0 Å². The molecule has 0 spiro atoms. The van der Waals surface area contributed by atoms with E-state index in [4.69, 9.17) is 4.74 Å². The third-order valence-electron chi connectivity index (χ3n) is 6.46. The molecule has 0 fully saturated rings. The van der Waals surface area contributed by atoms with Crippen molar-refractivity contribution in [1.82, 2.24) is 4.90 Å². The fraction of sp³-hybridized carbons (Fsp3) is 0.167. The number of fused-ring (bicyclic) bond motifs is 1. The van der Waals surface area contributed by atoms with Crippen molar-refractivity contribution in [3.8, 4) is 16.9 Å². The van der Waals surface area contributed by atoms with Crippen molar-refractivity contribution < 1.29 is 9.53 Å². The molecule has 1 atom stereocenters. The van der Waals surface area contributed by atoms with E-state index in [-0.39, 0.29) is 11.9 Å². The van der Waals surface area contributed by atoms with Crippen LogP contribution in [0.3, 0.4) is 0 Å². The minimum Gasteiger partial charge on any atom is -0.497 e. The number of hydrogen-bond donors (Lipinski definition) is 0. The Morgan fingerprint density at radius 2 is 1.48 bits per heavy atom. The van der Waals surface area contributed by atoms with Gasteiger partial charge in [0.15, 0.2) is 0 Å². The second-order valence-electron chi connectivity index (χ2n) is 8.53. The SMILES string of the molecule is COc1ccc2c(c1)CC(N(Cc1ccccc1)C(=O)c1ccccc1-c1ccccc1)C2. The maximum atomic E-state index is 14.1. The smallest absolute Gasteiger partial charge is 0.255 e. The van der Waals surface area contributed by atoms with Crippen LogP contribution in [0.15, 0.2) is 103 Å². The standard InChI is InChI=1S/C30H27NO2/c1-33-27-17-16-24-18-26(19-25(24)20-27)31(21-22-10-4-2-5-11-22)30(32)29-15-9-8-14-28(29)23-12-6-3-7-13-23/h2-17,20,26H,18-19,21H2,1H3. The first-order chi connectivity index (χ1) is 16.2. The summed E-state index contributed by atoms with van der Waals surface area (Å²) < 4.78 is 5.43. The Bertz CT molecular complexity index is 1250. The lowest BCUT2D eigenvalue weighted by Crippen LogP contribution is -2.40. The number of carbonyl (C=O) groups is 1. The zero-order chi connectivity index (χ0) is 22.6. The number of ether oxygens (including phenoxy) is 1. The molecule has 5 rings (SSSR count). The van der Waals surface area contributed by atoms with Crippen LogP contribution in [0.2, 0.25) is 0 Å². The summed E-state index contributed by atoms with van der Waals surface area (Å²) in [6.45, 7) is 0.582. The van der Waals surface area contributed by atoms with Gasteiger partial charge in [0.25, 0.3) is 5.91 Å². The molecule has 4 aromatic carbocycles. The van der Waals surface area contributed by atoms with Gasteiger partial charge in [-0.15, -0.1) is 0 Å². The minimum atomic E-state index is 0.0723. The van der Waals surface area contributed by atoms with Crippen LogP contribution in [-0.2, 0) is 19.4 Å². The lowest BCUT2D eigenvalue weighted by Gasteiger charge is -2.30. The number of carbonyl (C=O) groups excluding carboxylic acids is 1. The monoisotopic (exact) mass is 433 g/mol. The highest BCUT2D eigenvalue weighted by Crippen LogP contribution is 2.32. The first kappa shape index (κ1) is 21.0. The molecule has 0 saturated heterocycles. The van der Waals surface area contributed by atoms with Gasteiger partial charge < -0.3 is 9.64 Å².